The first-order valence-electron chi connectivity index (χ1n) is 6.33. The van der Waals surface area contributed by atoms with Gasteiger partial charge in [0.15, 0.2) is 5.78 Å². The molecule has 0 saturated heterocycles. The Labute approximate surface area is 118 Å². The summed E-state index contributed by atoms with van der Waals surface area (Å²) in [5.41, 5.74) is 1.78. The van der Waals surface area contributed by atoms with E-state index >= 15 is 0 Å². The first-order chi connectivity index (χ1) is 8.66. The number of hydrogen-bond acceptors (Lipinski definition) is 1. The number of benzene rings is 1. The third-order valence-electron chi connectivity index (χ3n) is 3.26. The van der Waals surface area contributed by atoms with E-state index < -0.39 is 0 Å². The molecular formula is C15H16Cl2O. The van der Waals surface area contributed by atoms with Gasteiger partial charge in [0.2, 0.25) is 0 Å². The lowest BCUT2D eigenvalue weighted by Gasteiger charge is -2.07. The van der Waals surface area contributed by atoms with Gasteiger partial charge in [-0.05, 0) is 55.0 Å². The minimum Gasteiger partial charge on any atom is -0.294 e. The summed E-state index contributed by atoms with van der Waals surface area (Å²) < 4.78 is 0. The highest BCUT2D eigenvalue weighted by Crippen LogP contribution is 2.24. The lowest BCUT2D eigenvalue weighted by atomic mass is 9.99. The van der Waals surface area contributed by atoms with Gasteiger partial charge in [0.25, 0.3) is 0 Å². The van der Waals surface area contributed by atoms with E-state index in [1.165, 1.54) is 12.8 Å². The van der Waals surface area contributed by atoms with Gasteiger partial charge in [0, 0.05) is 16.5 Å². The van der Waals surface area contributed by atoms with Gasteiger partial charge in [0.05, 0.1) is 0 Å². The van der Waals surface area contributed by atoms with E-state index in [9.17, 15) is 4.79 Å². The quantitative estimate of drug-likeness (QED) is 0.763. The van der Waals surface area contributed by atoms with Crippen molar-refractivity contribution in [2.24, 2.45) is 0 Å². The number of allylic oxidation sites excluding steroid dienone is 2. The average Bonchev–Trinajstić information content (AvgIpc) is 2.62. The maximum Gasteiger partial charge on any atom is 0.162 e. The molecule has 0 aliphatic heterocycles. The maximum atomic E-state index is 12.2. The first kappa shape index (κ1) is 13.6. The van der Waals surface area contributed by atoms with Gasteiger partial charge in [-0.2, -0.15) is 0 Å². The molecule has 3 heteroatoms. The number of carbonyl (C=O) groups is 1. The summed E-state index contributed by atoms with van der Waals surface area (Å²) in [6.45, 7) is 0. The Morgan fingerprint density at radius 3 is 2.83 bits per heavy atom. The second-order valence-electron chi connectivity index (χ2n) is 4.66. The van der Waals surface area contributed by atoms with Crippen LogP contribution in [0.2, 0.25) is 10.0 Å². The maximum absolute atomic E-state index is 12.2. The van der Waals surface area contributed by atoms with Crippen molar-refractivity contribution in [3.63, 3.8) is 0 Å². The van der Waals surface area contributed by atoms with Crippen molar-refractivity contribution in [1.29, 1.82) is 0 Å². The van der Waals surface area contributed by atoms with Crippen molar-refractivity contribution in [3.05, 3.63) is 45.5 Å². The summed E-state index contributed by atoms with van der Waals surface area (Å²) in [6.07, 6.45) is 7.88. The van der Waals surface area contributed by atoms with Gasteiger partial charge < -0.3 is 0 Å². The van der Waals surface area contributed by atoms with E-state index in [-0.39, 0.29) is 5.78 Å². The van der Waals surface area contributed by atoms with E-state index in [0.717, 1.165) is 30.4 Å². The molecule has 1 aliphatic rings. The number of halogens is 2. The molecule has 1 aliphatic carbocycles. The Hall–Kier alpha value is -0.790. The molecule has 1 aromatic rings. The molecule has 0 amide bonds. The fraction of sp³-hybridized carbons (Fsp3) is 0.400. The van der Waals surface area contributed by atoms with E-state index in [2.05, 4.69) is 6.08 Å². The second kappa shape index (κ2) is 6.40. The molecule has 0 unspecified atom stereocenters. The number of ketones is 1. The minimum atomic E-state index is 0.182. The fourth-order valence-electron chi connectivity index (χ4n) is 2.23. The highest BCUT2D eigenvalue weighted by atomic mass is 35.5. The third kappa shape index (κ3) is 3.60. The molecule has 0 spiro atoms. The molecular weight excluding hydrogens is 267 g/mol. The molecule has 0 radical (unpaired) electrons. The summed E-state index contributed by atoms with van der Waals surface area (Å²) in [5.74, 6) is 0.182. The van der Waals surface area contributed by atoms with Crippen LogP contribution in [0, 0.1) is 0 Å². The predicted molar refractivity (Wildman–Crippen MR) is 76.3 cm³/mol. The summed E-state index contributed by atoms with van der Waals surface area (Å²) >= 11 is 12.0. The zero-order valence-electron chi connectivity index (χ0n) is 10.2. The molecule has 2 rings (SSSR count). The van der Waals surface area contributed by atoms with E-state index in [0.29, 0.717) is 16.5 Å². The van der Waals surface area contributed by atoms with Crippen LogP contribution in [0.4, 0.5) is 0 Å². The van der Waals surface area contributed by atoms with Crippen LogP contribution in [0.25, 0.3) is 0 Å². The highest BCUT2D eigenvalue weighted by Gasteiger charge is 2.14. The van der Waals surface area contributed by atoms with E-state index in [4.69, 9.17) is 23.2 Å². The topological polar surface area (TPSA) is 17.1 Å². The van der Waals surface area contributed by atoms with Gasteiger partial charge in [-0.25, -0.2) is 0 Å². The van der Waals surface area contributed by atoms with Crippen molar-refractivity contribution in [3.8, 4) is 0 Å². The fourth-order valence-corrected chi connectivity index (χ4v) is 2.61. The summed E-state index contributed by atoms with van der Waals surface area (Å²) in [5, 5.41) is 1.24. The molecule has 0 atom stereocenters. The summed E-state index contributed by atoms with van der Waals surface area (Å²) in [6, 6.07) is 5.26. The van der Waals surface area contributed by atoms with Crippen LogP contribution >= 0.6 is 23.2 Å². The lowest BCUT2D eigenvalue weighted by molar-refractivity contribution is -0.115. The van der Waals surface area contributed by atoms with Crippen LogP contribution in [-0.4, -0.2) is 5.78 Å². The van der Waals surface area contributed by atoms with Crippen molar-refractivity contribution in [1.82, 2.24) is 0 Å². The number of carbonyl (C=O) groups excluding carboxylic acids is 1. The van der Waals surface area contributed by atoms with Gasteiger partial charge in [-0.15, -0.1) is 0 Å². The molecule has 0 saturated carbocycles. The molecule has 0 aromatic heterocycles. The zero-order chi connectivity index (χ0) is 13.0. The van der Waals surface area contributed by atoms with Gasteiger partial charge in [0.1, 0.15) is 0 Å². The van der Waals surface area contributed by atoms with Crippen LogP contribution in [-0.2, 0) is 11.2 Å². The van der Waals surface area contributed by atoms with E-state index in [1.807, 2.05) is 0 Å². The largest absolute Gasteiger partial charge is 0.294 e. The van der Waals surface area contributed by atoms with Gasteiger partial charge in [-0.3, -0.25) is 4.79 Å². The smallest absolute Gasteiger partial charge is 0.162 e. The van der Waals surface area contributed by atoms with Crippen LogP contribution in [0.3, 0.4) is 0 Å². The lowest BCUT2D eigenvalue weighted by Crippen LogP contribution is -2.07. The molecule has 96 valence electrons. The molecule has 0 heterocycles. The summed E-state index contributed by atoms with van der Waals surface area (Å²) in [7, 11) is 0. The van der Waals surface area contributed by atoms with Crippen LogP contribution in [0.5, 0.6) is 0 Å². The Balaban J connectivity index is 2.10. The molecule has 18 heavy (non-hydrogen) atoms. The van der Waals surface area contributed by atoms with Crippen molar-refractivity contribution in [2.45, 2.75) is 38.5 Å². The normalized spacial score (nSPS) is 16.0. The molecule has 0 bridgehead atoms. The van der Waals surface area contributed by atoms with E-state index in [1.54, 1.807) is 18.2 Å². The Bertz CT molecular complexity index is 477. The van der Waals surface area contributed by atoms with Crippen molar-refractivity contribution < 1.29 is 4.79 Å². The Morgan fingerprint density at radius 2 is 2.00 bits per heavy atom. The summed E-state index contributed by atoms with van der Waals surface area (Å²) in [4.78, 5) is 12.2. The van der Waals surface area contributed by atoms with Crippen molar-refractivity contribution in [2.75, 3.05) is 0 Å². The predicted octanol–water partition coefficient (Wildman–Crippen LogP) is 5.00. The highest BCUT2D eigenvalue weighted by molar-refractivity contribution is 6.33. The average molecular weight is 283 g/mol. The van der Waals surface area contributed by atoms with Gasteiger partial charge >= 0.3 is 0 Å². The molecule has 0 N–H and O–H groups in total. The molecule has 1 nitrogen and oxygen atoms in total. The third-order valence-corrected chi connectivity index (χ3v) is 3.86. The number of hydrogen-bond donors (Lipinski definition) is 0. The van der Waals surface area contributed by atoms with Gasteiger partial charge in [-0.1, -0.05) is 35.7 Å². The number of rotatable bonds is 3. The minimum absolute atomic E-state index is 0.182. The Morgan fingerprint density at radius 1 is 1.17 bits per heavy atom. The monoisotopic (exact) mass is 282 g/mol. The van der Waals surface area contributed by atoms with Crippen LogP contribution in [0.15, 0.2) is 29.8 Å². The first-order valence-corrected chi connectivity index (χ1v) is 7.08. The van der Waals surface area contributed by atoms with Crippen LogP contribution < -0.4 is 0 Å². The zero-order valence-corrected chi connectivity index (χ0v) is 11.7. The SMILES string of the molecule is O=C(Cc1cc(Cl)ccc1Cl)C1=CCCCCC1. The molecule has 1 aromatic carbocycles. The standard InChI is InChI=1S/C15H16Cl2O/c16-13-7-8-14(17)12(9-13)10-15(18)11-5-3-1-2-4-6-11/h5,7-9H,1-4,6,10H2. The van der Waals surface area contributed by atoms with Crippen molar-refractivity contribution >= 4 is 29.0 Å². The second-order valence-corrected chi connectivity index (χ2v) is 5.51. The van der Waals surface area contributed by atoms with Crippen LogP contribution in [0.1, 0.15) is 37.7 Å². The molecule has 0 fully saturated rings. The number of Topliss-reactive ketones (excluding diaryl/α,β-unsaturated/α-hetero) is 1. The Kier molecular flexibility index (Phi) is 4.85.